The molecule has 0 fully saturated rings. The zero-order valence-electron chi connectivity index (χ0n) is 17.0. The Bertz CT molecular complexity index is 1400. The molecule has 0 aliphatic carbocycles. The fourth-order valence-electron chi connectivity index (χ4n) is 3.34. The number of carbonyl (C=O) groups excluding carboxylic acids is 1. The van der Waals surface area contributed by atoms with Crippen LogP contribution < -0.4 is 10.6 Å². The van der Waals surface area contributed by atoms with Gasteiger partial charge < -0.3 is 15.1 Å². The summed E-state index contributed by atoms with van der Waals surface area (Å²) in [5, 5.41) is 15.0. The van der Waals surface area contributed by atoms with Gasteiger partial charge in [0.2, 0.25) is 0 Å². The molecular weight excluding hydrogens is 392 g/mol. The van der Waals surface area contributed by atoms with Crippen LogP contribution in [0.15, 0.2) is 65.3 Å². The number of hydrogen-bond acceptors (Lipinski definition) is 6. The number of aromatic nitrogens is 4. The Kier molecular flexibility index (Phi) is 4.59. The summed E-state index contributed by atoms with van der Waals surface area (Å²) in [5.74, 6) is 1.50. The zero-order valence-corrected chi connectivity index (χ0v) is 17.0. The van der Waals surface area contributed by atoms with Crippen molar-refractivity contribution in [3.8, 4) is 11.6 Å². The second kappa shape index (κ2) is 7.56. The lowest BCUT2D eigenvalue weighted by Gasteiger charge is -2.07. The zero-order chi connectivity index (χ0) is 21.4. The van der Waals surface area contributed by atoms with E-state index in [0.29, 0.717) is 28.5 Å². The number of hydrogen-bond donors (Lipinski definition) is 3. The molecule has 5 rings (SSSR count). The number of benzene rings is 2. The van der Waals surface area contributed by atoms with Crippen LogP contribution >= 0.6 is 0 Å². The second-order valence-electron chi connectivity index (χ2n) is 7.55. The number of carbonyl (C=O) groups is 1. The molecule has 5 aromatic rings. The van der Waals surface area contributed by atoms with Gasteiger partial charge in [0.1, 0.15) is 11.4 Å². The van der Waals surface area contributed by atoms with Crippen LogP contribution in [0.25, 0.3) is 33.5 Å². The first kappa shape index (κ1) is 18.8. The molecule has 3 N–H and O–H groups in total. The predicted octanol–water partition coefficient (Wildman–Crippen LogP) is 4.65. The van der Waals surface area contributed by atoms with Gasteiger partial charge in [-0.2, -0.15) is 5.10 Å². The summed E-state index contributed by atoms with van der Waals surface area (Å²) >= 11 is 0. The van der Waals surface area contributed by atoms with Gasteiger partial charge in [-0.1, -0.05) is 6.07 Å². The van der Waals surface area contributed by atoms with Crippen molar-refractivity contribution in [2.75, 3.05) is 5.32 Å². The molecule has 0 bridgehead atoms. The lowest BCUT2D eigenvalue weighted by Crippen LogP contribution is -2.29. The molecular formula is C23H20N6O2. The van der Waals surface area contributed by atoms with Crippen molar-refractivity contribution >= 4 is 39.3 Å². The van der Waals surface area contributed by atoms with E-state index in [-0.39, 0.29) is 11.9 Å². The van der Waals surface area contributed by atoms with Crippen LogP contribution in [0, 0.1) is 0 Å². The number of furan rings is 1. The molecule has 1 amide bonds. The fourth-order valence-corrected chi connectivity index (χ4v) is 3.34. The van der Waals surface area contributed by atoms with E-state index in [2.05, 4.69) is 30.8 Å². The first-order valence-electron chi connectivity index (χ1n) is 9.93. The summed E-state index contributed by atoms with van der Waals surface area (Å²) in [4.78, 5) is 21.2. The molecule has 8 heteroatoms. The number of amides is 1. The van der Waals surface area contributed by atoms with E-state index in [1.807, 2.05) is 44.2 Å². The highest BCUT2D eigenvalue weighted by Crippen LogP contribution is 2.28. The summed E-state index contributed by atoms with van der Waals surface area (Å²) in [6, 6.07) is 15.0. The van der Waals surface area contributed by atoms with Gasteiger partial charge in [0.05, 0.1) is 11.7 Å². The molecule has 0 aliphatic heterocycles. The second-order valence-corrected chi connectivity index (χ2v) is 7.55. The molecule has 0 atom stereocenters. The van der Waals surface area contributed by atoms with Crippen molar-refractivity contribution < 1.29 is 9.21 Å². The highest BCUT2D eigenvalue weighted by molar-refractivity contribution is 5.98. The summed E-state index contributed by atoms with van der Waals surface area (Å²) in [5.41, 5.74) is 3.02. The van der Waals surface area contributed by atoms with Gasteiger partial charge in [0.15, 0.2) is 11.6 Å². The molecule has 0 spiro atoms. The highest BCUT2D eigenvalue weighted by atomic mass is 16.3. The van der Waals surface area contributed by atoms with E-state index >= 15 is 0 Å². The van der Waals surface area contributed by atoms with Gasteiger partial charge >= 0.3 is 0 Å². The molecule has 0 radical (unpaired) electrons. The maximum Gasteiger partial charge on any atom is 0.251 e. The van der Waals surface area contributed by atoms with Gasteiger partial charge in [-0.15, -0.1) is 0 Å². The quantitative estimate of drug-likeness (QED) is 0.388. The Morgan fingerprint density at radius 3 is 2.84 bits per heavy atom. The average Bonchev–Trinajstić information content (AvgIpc) is 3.39. The van der Waals surface area contributed by atoms with Crippen LogP contribution in [0.3, 0.4) is 0 Å². The van der Waals surface area contributed by atoms with Crippen molar-refractivity contribution in [2.24, 2.45) is 0 Å². The lowest BCUT2D eigenvalue weighted by molar-refractivity contribution is 0.0943. The summed E-state index contributed by atoms with van der Waals surface area (Å²) in [6.45, 7) is 3.85. The largest absolute Gasteiger partial charge is 0.453 e. The van der Waals surface area contributed by atoms with Crippen molar-refractivity contribution in [3.63, 3.8) is 0 Å². The van der Waals surface area contributed by atoms with Crippen LogP contribution in [-0.4, -0.2) is 32.1 Å². The Balaban J connectivity index is 1.42. The van der Waals surface area contributed by atoms with Gasteiger partial charge in [-0.3, -0.25) is 9.89 Å². The predicted molar refractivity (Wildman–Crippen MR) is 119 cm³/mol. The average molecular weight is 412 g/mol. The van der Waals surface area contributed by atoms with Crippen molar-refractivity contribution in [1.29, 1.82) is 0 Å². The minimum atomic E-state index is -0.133. The third-order valence-electron chi connectivity index (χ3n) is 4.79. The Morgan fingerprint density at radius 2 is 1.97 bits per heavy atom. The number of fused-ring (bicyclic) bond motifs is 2. The topological polar surface area (TPSA) is 109 Å². The SMILES string of the molecule is CC(C)NC(=O)c1ccc2cc(-c3nccc(Nc4ccc5[nH]ncc5c4)n3)oc2c1. The first-order chi connectivity index (χ1) is 15.0. The molecule has 31 heavy (non-hydrogen) atoms. The van der Waals surface area contributed by atoms with Crippen LogP contribution in [-0.2, 0) is 0 Å². The molecule has 2 aromatic carbocycles. The number of H-pyrrole nitrogens is 1. The summed E-state index contributed by atoms with van der Waals surface area (Å²) in [7, 11) is 0. The number of anilines is 2. The van der Waals surface area contributed by atoms with Crippen LogP contribution in [0.1, 0.15) is 24.2 Å². The smallest absolute Gasteiger partial charge is 0.251 e. The molecule has 3 heterocycles. The fraction of sp³-hybridized carbons (Fsp3) is 0.130. The van der Waals surface area contributed by atoms with Crippen LogP contribution in [0.2, 0.25) is 0 Å². The monoisotopic (exact) mass is 412 g/mol. The Morgan fingerprint density at radius 1 is 1.06 bits per heavy atom. The van der Waals surface area contributed by atoms with E-state index in [9.17, 15) is 4.79 Å². The molecule has 3 aromatic heterocycles. The molecule has 154 valence electrons. The number of nitrogens with one attached hydrogen (secondary N) is 3. The third-order valence-corrected chi connectivity index (χ3v) is 4.79. The van der Waals surface area contributed by atoms with Gasteiger partial charge in [0, 0.05) is 34.3 Å². The van der Waals surface area contributed by atoms with Crippen molar-refractivity contribution in [3.05, 3.63) is 66.5 Å². The molecule has 0 unspecified atom stereocenters. The van der Waals surface area contributed by atoms with Gasteiger partial charge in [-0.25, -0.2) is 9.97 Å². The van der Waals surface area contributed by atoms with E-state index < -0.39 is 0 Å². The normalized spacial score (nSPS) is 11.3. The Hall–Kier alpha value is -4.20. The molecule has 0 saturated heterocycles. The molecule has 0 aliphatic rings. The van der Waals surface area contributed by atoms with E-state index in [0.717, 1.165) is 22.0 Å². The third kappa shape index (κ3) is 3.83. The van der Waals surface area contributed by atoms with Gasteiger partial charge in [0.25, 0.3) is 5.91 Å². The minimum absolute atomic E-state index is 0.0632. The van der Waals surface area contributed by atoms with E-state index in [1.54, 1.807) is 30.6 Å². The molecule has 8 nitrogen and oxygen atoms in total. The van der Waals surface area contributed by atoms with Crippen molar-refractivity contribution in [1.82, 2.24) is 25.5 Å². The summed E-state index contributed by atoms with van der Waals surface area (Å²) < 4.78 is 5.96. The van der Waals surface area contributed by atoms with Crippen LogP contribution in [0.4, 0.5) is 11.5 Å². The number of nitrogens with zero attached hydrogens (tertiary/aromatic N) is 3. The maximum absolute atomic E-state index is 12.3. The lowest BCUT2D eigenvalue weighted by atomic mass is 10.1. The van der Waals surface area contributed by atoms with Gasteiger partial charge in [-0.05, 0) is 56.3 Å². The van der Waals surface area contributed by atoms with E-state index in [1.165, 1.54) is 0 Å². The minimum Gasteiger partial charge on any atom is -0.453 e. The standard InChI is InChI=1S/C23H20N6O2/c1-13(2)26-23(30)15-4-3-14-10-20(31-19(14)11-15)22-24-8-7-21(28-22)27-17-5-6-18-16(9-17)12-25-29-18/h3-13H,1-2H3,(H,25,29)(H,26,30)(H,24,27,28). The highest BCUT2D eigenvalue weighted by Gasteiger charge is 2.13. The van der Waals surface area contributed by atoms with Crippen LogP contribution in [0.5, 0.6) is 0 Å². The number of rotatable bonds is 5. The van der Waals surface area contributed by atoms with Crippen molar-refractivity contribution in [2.45, 2.75) is 19.9 Å². The number of aromatic amines is 1. The summed E-state index contributed by atoms with van der Waals surface area (Å²) in [6.07, 6.45) is 3.45. The molecule has 0 saturated carbocycles. The maximum atomic E-state index is 12.3. The first-order valence-corrected chi connectivity index (χ1v) is 9.93. The Labute approximate surface area is 177 Å². The van der Waals surface area contributed by atoms with E-state index in [4.69, 9.17) is 4.42 Å².